The molecule has 0 spiro atoms. The zero-order valence-corrected chi connectivity index (χ0v) is 14.9. The van der Waals surface area contributed by atoms with Crippen LogP contribution < -0.4 is 10.2 Å². The summed E-state index contributed by atoms with van der Waals surface area (Å²) < 4.78 is 1.81. The molecule has 1 aromatic carbocycles. The summed E-state index contributed by atoms with van der Waals surface area (Å²) in [6, 6.07) is 8.35. The Morgan fingerprint density at radius 1 is 1.38 bits per heavy atom. The highest BCUT2D eigenvalue weighted by atomic mass is 16.2. The first kappa shape index (κ1) is 16.6. The summed E-state index contributed by atoms with van der Waals surface area (Å²) in [6.45, 7) is 7.09. The van der Waals surface area contributed by atoms with Gasteiger partial charge < -0.3 is 10.2 Å². The van der Waals surface area contributed by atoms with Crippen LogP contribution in [0.25, 0.3) is 0 Å². The lowest BCUT2D eigenvalue weighted by molar-refractivity contribution is -0.118. The third-order valence-electron chi connectivity index (χ3n) is 4.74. The van der Waals surface area contributed by atoms with Crippen molar-refractivity contribution in [2.24, 2.45) is 13.0 Å². The van der Waals surface area contributed by atoms with Crippen molar-refractivity contribution in [1.82, 2.24) is 9.78 Å². The summed E-state index contributed by atoms with van der Waals surface area (Å²) in [5.41, 5.74) is 4.19. The highest BCUT2D eigenvalue weighted by Crippen LogP contribution is 2.32. The molecule has 0 radical (unpaired) electrons. The van der Waals surface area contributed by atoms with E-state index < -0.39 is 0 Å². The van der Waals surface area contributed by atoms with Gasteiger partial charge in [0.05, 0.1) is 17.1 Å². The average Bonchev–Trinajstić information content (AvgIpc) is 2.89. The molecule has 1 aliphatic heterocycles. The van der Waals surface area contributed by atoms with Crippen LogP contribution in [0, 0.1) is 12.8 Å². The third kappa shape index (κ3) is 3.30. The van der Waals surface area contributed by atoms with Crippen molar-refractivity contribution >= 4 is 17.3 Å². The molecule has 2 aromatic rings. The second-order valence-corrected chi connectivity index (χ2v) is 6.93. The number of carbonyl (C=O) groups is 1. The number of anilines is 2. The summed E-state index contributed by atoms with van der Waals surface area (Å²) in [7, 11) is 1.91. The molecule has 1 N–H and O–H groups in total. The first-order chi connectivity index (χ1) is 11.5. The van der Waals surface area contributed by atoms with E-state index >= 15 is 0 Å². The van der Waals surface area contributed by atoms with Gasteiger partial charge in [-0.15, -0.1) is 0 Å². The number of hydrogen-bond acceptors (Lipinski definition) is 3. The van der Waals surface area contributed by atoms with E-state index in [0.29, 0.717) is 12.3 Å². The monoisotopic (exact) mass is 326 g/mol. The van der Waals surface area contributed by atoms with E-state index in [2.05, 4.69) is 30.3 Å². The van der Waals surface area contributed by atoms with Crippen LogP contribution in [0.2, 0.25) is 0 Å². The number of benzene rings is 1. The van der Waals surface area contributed by atoms with Crippen LogP contribution >= 0.6 is 0 Å². The number of nitrogens with one attached hydrogen (secondary N) is 1. The van der Waals surface area contributed by atoms with E-state index in [-0.39, 0.29) is 11.9 Å². The van der Waals surface area contributed by atoms with Crippen LogP contribution in [0.1, 0.15) is 31.5 Å². The minimum absolute atomic E-state index is 0.179. The molecule has 0 saturated heterocycles. The Labute approximate surface area is 143 Å². The van der Waals surface area contributed by atoms with Crippen LogP contribution in [0.15, 0.2) is 30.5 Å². The van der Waals surface area contributed by atoms with Gasteiger partial charge in [0.25, 0.3) is 0 Å². The Kier molecular flexibility index (Phi) is 4.60. The van der Waals surface area contributed by atoms with Gasteiger partial charge in [-0.25, -0.2) is 0 Å². The molecule has 0 bridgehead atoms. The second kappa shape index (κ2) is 6.67. The van der Waals surface area contributed by atoms with Gasteiger partial charge in [0.15, 0.2) is 0 Å². The Morgan fingerprint density at radius 3 is 2.79 bits per heavy atom. The summed E-state index contributed by atoms with van der Waals surface area (Å²) in [5, 5.41) is 7.91. The minimum atomic E-state index is 0.179. The summed E-state index contributed by atoms with van der Waals surface area (Å²) in [5.74, 6) is 0.645. The fraction of sp³-hybridized carbons (Fsp3) is 0.474. The van der Waals surface area contributed by atoms with Crippen LogP contribution in [0.3, 0.4) is 0 Å². The smallest absolute Gasteiger partial charge is 0.227 e. The van der Waals surface area contributed by atoms with E-state index in [9.17, 15) is 4.79 Å². The first-order valence-electron chi connectivity index (χ1n) is 8.60. The van der Waals surface area contributed by atoms with Gasteiger partial charge in [-0.3, -0.25) is 9.48 Å². The van der Waals surface area contributed by atoms with Gasteiger partial charge >= 0.3 is 0 Å². The van der Waals surface area contributed by atoms with Gasteiger partial charge in [0, 0.05) is 32.3 Å². The third-order valence-corrected chi connectivity index (χ3v) is 4.74. The first-order valence-corrected chi connectivity index (χ1v) is 8.60. The molecule has 0 aliphatic carbocycles. The Morgan fingerprint density at radius 2 is 2.12 bits per heavy atom. The van der Waals surface area contributed by atoms with Gasteiger partial charge in [0.2, 0.25) is 5.91 Å². The highest BCUT2D eigenvalue weighted by molar-refractivity contribution is 5.98. The Hall–Kier alpha value is -2.30. The molecule has 3 rings (SSSR count). The van der Waals surface area contributed by atoms with E-state index in [0.717, 1.165) is 35.6 Å². The molecule has 1 atom stereocenters. The number of para-hydroxylation sites is 2. The zero-order valence-electron chi connectivity index (χ0n) is 14.9. The second-order valence-electron chi connectivity index (χ2n) is 6.93. The largest absolute Gasteiger partial charge is 0.379 e. The molecule has 0 unspecified atom stereocenters. The molecule has 24 heavy (non-hydrogen) atoms. The molecule has 1 aliphatic rings. The molecule has 0 saturated carbocycles. The molecular formula is C19H26N4O. The van der Waals surface area contributed by atoms with Crippen molar-refractivity contribution in [3.05, 3.63) is 41.7 Å². The molecule has 128 valence electrons. The van der Waals surface area contributed by atoms with Gasteiger partial charge in [-0.05, 0) is 37.0 Å². The highest BCUT2D eigenvalue weighted by Gasteiger charge is 2.29. The molecule has 0 fully saturated rings. The van der Waals surface area contributed by atoms with E-state index in [1.54, 1.807) is 0 Å². The van der Waals surface area contributed by atoms with Crippen molar-refractivity contribution < 1.29 is 4.79 Å². The molecule has 1 aromatic heterocycles. The predicted molar refractivity (Wildman–Crippen MR) is 97.3 cm³/mol. The standard InChI is InChI=1S/C19H26N4O/c1-13(2)17-12-23(18-8-6-5-7-16(18)20-17)19(24)10-9-15-11-22(4)21-14(15)3/h5-8,11,13,17,20H,9-10,12H2,1-4H3/t17-/m1/s1. The lowest BCUT2D eigenvalue weighted by Crippen LogP contribution is -2.47. The van der Waals surface area contributed by atoms with Gasteiger partial charge in [0.1, 0.15) is 0 Å². The quantitative estimate of drug-likeness (QED) is 0.939. The van der Waals surface area contributed by atoms with Crippen LogP contribution in [-0.4, -0.2) is 28.3 Å². The molecule has 1 amide bonds. The normalized spacial score (nSPS) is 16.9. The van der Waals surface area contributed by atoms with Crippen molar-refractivity contribution in [2.75, 3.05) is 16.8 Å². The van der Waals surface area contributed by atoms with Gasteiger partial charge in [-0.2, -0.15) is 5.10 Å². The maximum atomic E-state index is 12.9. The number of hydrogen-bond donors (Lipinski definition) is 1. The number of aromatic nitrogens is 2. The fourth-order valence-corrected chi connectivity index (χ4v) is 3.26. The number of rotatable bonds is 4. The zero-order chi connectivity index (χ0) is 17.3. The predicted octanol–water partition coefficient (Wildman–Crippen LogP) is 3.14. The van der Waals surface area contributed by atoms with E-state index in [4.69, 9.17) is 0 Å². The van der Waals surface area contributed by atoms with Crippen LogP contribution in [0.4, 0.5) is 11.4 Å². The number of fused-ring (bicyclic) bond motifs is 1. The maximum absolute atomic E-state index is 12.9. The topological polar surface area (TPSA) is 50.2 Å². The van der Waals surface area contributed by atoms with E-state index in [1.807, 2.05) is 47.9 Å². The van der Waals surface area contributed by atoms with Crippen LogP contribution in [-0.2, 0) is 18.3 Å². The summed E-state index contributed by atoms with van der Waals surface area (Å²) in [4.78, 5) is 14.8. The molecule has 5 heteroatoms. The van der Waals surface area contributed by atoms with Crippen molar-refractivity contribution in [3.63, 3.8) is 0 Å². The van der Waals surface area contributed by atoms with E-state index in [1.165, 1.54) is 0 Å². The van der Waals surface area contributed by atoms with Crippen molar-refractivity contribution in [2.45, 2.75) is 39.7 Å². The van der Waals surface area contributed by atoms with Crippen LogP contribution in [0.5, 0.6) is 0 Å². The number of amides is 1. The number of nitrogens with zero attached hydrogens (tertiary/aromatic N) is 3. The average molecular weight is 326 g/mol. The minimum Gasteiger partial charge on any atom is -0.379 e. The van der Waals surface area contributed by atoms with Gasteiger partial charge in [-0.1, -0.05) is 26.0 Å². The Balaban J connectivity index is 1.76. The molecular weight excluding hydrogens is 300 g/mol. The lowest BCUT2D eigenvalue weighted by atomic mass is 9.99. The summed E-state index contributed by atoms with van der Waals surface area (Å²) >= 11 is 0. The molecule has 2 heterocycles. The fourth-order valence-electron chi connectivity index (χ4n) is 3.26. The summed E-state index contributed by atoms with van der Waals surface area (Å²) in [6.07, 6.45) is 3.24. The lowest BCUT2D eigenvalue weighted by Gasteiger charge is -2.37. The van der Waals surface area contributed by atoms with Crippen molar-refractivity contribution in [1.29, 1.82) is 0 Å². The SMILES string of the molecule is Cc1nn(C)cc1CCC(=O)N1C[C@H](C(C)C)Nc2ccccc21. The number of aryl methyl sites for hydroxylation is 3. The van der Waals surface area contributed by atoms with Crippen molar-refractivity contribution in [3.8, 4) is 0 Å². The maximum Gasteiger partial charge on any atom is 0.227 e. The Bertz CT molecular complexity index is 735. The number of carbonyl (C=O) groups excluding carboxylic acids is 1. The molecule has 5 nitrogen and oxygen atoms in total.